The smallest absolute Gasteiger partial charge is 0.311 e. The minimum Gasteiger partial charge on any atom is -0.465 e. The normalized spacial score (nSPS) is 12.6. The van der Waals surface area contributed by atoms with Crippen molar-refractivity contribution in [3.8, 4) is 0 Å². The zero-order valence-electron chi connectivity index (χ0n) is 21.1. The van der Waals surface area contributed by atoms with Crippen LogP contribution in [-0.4, -0.2) is 36.9 Å². The summed E-state index contributed by atoms with van der Waals surface area (Å²) in [5.74, 6) is 0.196. The van der Waals surface area contributed by atoms with Crippen molar-refractivity contribution in [2.24, 2.45) is 16.7 Å². The average molecular weight is 431 g/mol. The Morgan fingerprint density at radius 2 is 1.27 bits per heavy atom. The Kier molecular flexibility index (Phi) is 18.2. The first-order valence-corrected chi connectivity index (χ1v) is 11.9. The van der Waals surface area contributed by atoms with Crippen molar-refractivity contribution in [2.75, 3.05) is 19.8 Å². The minimum atomic E-state index is -0.421. The summed E-state index contributed by atoms with van der Waals surface area (Å²) in [6.07, 6.45) is 10.7. The molecule has 0 aliphatic heterocycles. The van der Waals surface area contributed by atoms with E-state index < -0.39 is 5.41 Å². The number of rotatable bonds is 15. The van der Waals surface area contributed by atoms with Gasteiger partial charge in [0.2, 0.25) is 0 Å². The van der Waals surface area contributed by atoms with E-state index in [9.17, 15) is 9.59 Å². The minimum absolute atomic E-state index is 0.0511. The molecule has 5 nitrogen and oxygen atoms in total. The van der Waals surface area contributed by atoms with Gasteiger partial charge in [-0.05, 0) is 52.9 Å². The lowest BCUT2D eigenvalue weighted by atomic mass is 9.90. The van der Waals surface area contributed by atoms with Crippen LogP contribution < -0.4 is 0 Å². The lowest BCUT2D eigenvalue weighted by Crippen LogP contribution is -2.27. The molecule has 0 amide bonds. The van der Waals surface area contributed by atoms with Crippen LogP contribution in [0, 0.1) is 16.7 Å². The predicted octanol–water partition coefficient (Wildman–Crippen LogP) is 6.31. The van der Waals surface area contributed by atoms with Crippen molar-refractivity contribution >= 4 is 11.9 Å². The van der Waals surface area contributed by atoms with Crippen LogP contribution in [0.25, 0.3) is 0 Å². The second-order valence-electron chi connectivity index (χ2n) is 9.59. The van der Waals surface area contributed by atoms with Gasteiger partial charge in [-0.2, -0.15) is 0 Å². The number of hydrogen-bond acceptors (Lipinski definition) is 5. The number of esters is 2. The molecular formula is C25H50O5. The highest BCUT2D eigenvalue weighted by atomic mass is 16.5. The summed E-state index contributed by atoms with van der Waals surface area (Å²) in [5.41, 5.74) is -0.755. The van der Waals surface area contributed by atoms with E-state index in [1.54, 1.807) is 0 Å². The van der Waals surface area contributed by atoms with E-state index in [4.69, 9.17) is 14.6 Å². The van der Waals surface area contributed by atoms with Gasteiger partial charge in [0.1, 0.15) is 6.61 Å². The molecule has 0 bridgehead atoms. The highest BCUT2D eigenvalue weighted by molar-refractivity contribution is 5.76. The second-order valence-corrected chi connectivity index (χ2v) is 9.59. The van der Waals surface area contributed by atoms with Crippen LogP contribution in [0.15, 0.2) is 0 Å². The van der Waals surface area contributed by atoms with E-state index in [2.05, 4.69) is 13.8 Å². The Morgan fingerprint density at radius 3 is 1.73 bits per heavy atom. The molecule has 0 aliphatic carbocycles. The predicted molar refractivity (Wildman–Crippen MR) is 124 cm³/mol. The molecule has 1 atom stereocenters. The van der Waals surface area contributed by atoms with Crippen LogP contribution in [0.1, 0.15) is 113 Å². The van der Waals surface area contributed by atoms with Gasteiger partial charge < -0.3 is 14.6 Å². The third-order valence-corrected chi connectivity index (χ3v) is 5.75. The lowest BCUT2D eigenvalue weighted by molar-refractivity contribution is -0.156. The zero-order valence-corrected chi connectivity index (χ0v) is 21.1. The fourth-order valence-corrected chi connectivity index (χ4v) is 2.39. The number of hydrogen-bond donors (Lipinski definition) is 1. The molecule has 0 aromatic heterocycles. The highest BCUT2D eigenvalue weighted by Crippen LogP contribution is 2.22. The molecule has 0 heterocycles. The maximum Gasteiger partial charge on any atom is 0.311 e. The first kappa shape index (κ1) is 31.1. The fraction of sp³-hybridized carbons (Fsp3) is 0.920. The largest absolute Gasteiger partial charge is 0.465 e. The summed E-state index contributed by atoms with van der Waals surface area (Å²) in [6, 6.07) is 0. The van der Waals surface area contributed by atoms with Crippen LogP contribution in [0.4, 0.5) is 0 Å². The van der Waals surface area contributed by atoms with Crippen molar-refractivity contribution in [1.82, 2.24) is 0 Å². The van der Waals surface area contributed by atoms with Crippen molar-refractivity contribution < 1.29 is 24.2 Å². The fourth-order valence-electron chi connectivity index (χ4n) is 2.39. The molecular weight excluding hydrogens is 380 g/mol. The summed E-state index contributed by atoms with van der Waals surface area (Å²) in [6.45, 7) is 16.5. The van der Waals surface area contributed by atoms with Crippen molar-refractivity contribution in [1.29, 1.82) is 0 Å². The van der Waals surface area contributed by atoms with Crippen LogP contribution in [-0.2, 0) is 19.1 Å². The van der Waals surface area contributed by atoms with Crippen LogP contribution in [0.3, 0.4) is 0 Å². The van der Waals surface area contributed by atoms with E-state index in [-0.39, 0.29) is 30.6 Å². The van der Waals surface area contributed by atoms with Gasteiger partial charge in [0, 0.05) is 0 Å². The summed E-state index contributed by atoms with van der Waals surface area (Å²) < 4.78 is 10.2. The van der Waals surface area contributed by atoms with Gasteiger partial charge >= 0.3 is 11.9 Å². The molecule has 0 radical (unpaired) electrons. The SMILES string of the molecule is CCC(C)(C)C(=O)OCCO.CCCCCCCCC(C)COC(=O)C(C)(C)CC. The van der Waals surface area contributed by atoms with Crippen molar-refractivity contribution in [3.05, 3.63) is 0 Å². The molecule has 0 aromatic rings. The molecule has 1 N–H and O–H groups in total. The summed E-state index contributed by atoms with van der Waals surface area (Å²) in [4.78, 5) is 22.9. The quantitative estimate of drug-likeness (QED) is 0.243. The van der Waals surface area contributed by atoms with E-state index in [0.717, 1.165) is 12.8 Å². The van der Waals surface area contributed by atoms with E-state index in [0.29, 0.717) is 12.5 Å². The van der Waals surface area contributed by atoms with Crippen molar-refractivity contribution in [2.45, 2.75) is 113 Å². The molecule has 0 saturated heterocycles. The van der Waals surface area contributed by atoms with Gasteiger partial charge in [-0.1, -0.05) is 66.2 Å². The van der Waals surface area contributed by atoms with E-state index in [1.807, 2.05) is 41.5 Å². The standard InChI is InChI=1S/C17H34O2.C8H16O3/c1-6-8-9-10-11-12-13-15(3)14-19-16(18)17(4,5)7-2;1-4-8(2,3)7(10)11-6-5-9/h15H,6-14H2,1-5H3;9H,4-6H2,1-3H3. The summed E-state index contributed by atoms with van der Waals surface area (Å²) >= 11 is 0. The lowest BCUT2D eigenvalue weighted by Gasteiger charge is -2.21. The molecule has 30 heavy (non-hydrogen) atoms. The highest BCUT2D eigenvalue weighted by Gasteiger charge is 2.27. The summed E-state index contributed by atoms with van der Waals surface area (Å²) in [7, 11) is 0. The Hall–Kier alpha value is -1.10. The third kappa shape index (κ3) is 15.7. The van der Waals surface area contributed by atoms with E-state index in [1.165, 1.54) is 44.9 Å². The first-order chi connectivity index (χ1) is 14.0. The molecule has 0 fully saturated rings. The molecule has 0 rings (SSSR count). The first-order valence-electron chi connectivity index (χ1n) is 11.9. The van der Waals surface area contributed by atoms with Crippen LogP contribution in [0.2, 0.25) is 0 Å². The molecule has 1 unspecified atom stereocenters. The maximum absolute atomic E-state index is 11.8. The van der Waals surface area contributed by atoms with Gasteiger partial charge in [0.15, 0.2) is 0 Å². The van der Waals surface area contributed by atoms with Crippen LogP contribution >= 0.6 is 0 Å². The van der Waals surface area contributed by atoms with Gasteiger partial charge in [0.05, 0.1) is 24.0 Å². The number of aliphatic hydroxyl groups excluding tert-OH is 1. The van der Waals surface area contributed by atoms with E-state index >= 15 is 0 Å². The van der Waals surface area contributed by atoms with Gasteiger partial charge in [-0.25, -0.2) is 0 Å². The third-order valence-electron chi connectivity index (χ3n) is 5.75. The Bertz CT molecular complexity index is 443. The monoisotopic (exact) mass is 430 g/mol. The number of unbranched alkanes of at least 4 members (excludes halogenated alkanes) is 5. The van der Waals surface area contributed by atoms with Gasteiger partial charge in [-0.15, -0.1) is 0 Å². The molecule has 0 spiro atoms. The topological polar surface area (TPSA) is 72.8 Å². The Morgan fingerprint density at radius 1 is 0.800 bits per heavy atom. The molecule has 5 heteroatoms. The molecule has 0 aromatic carbocycles. The maximum atomic E-state index is 11.8. The molecule has 0 aliphatic rings. The molecule has 0 saturated carbocycles. The number of aliphatic hydroxyl groups is 1. The molecule has 180 valence electrons. The average Bonchev–Trinajstić information content (AvgIpc) is 2.72. The summed E-state index contributed by atoms with van der Waals surface area (Å²) in [5, 5.41) is 8.38. The second kappa shape index (κ2) is 17.6. The van der Waals surface area contributed by atoms with Gasteiger partial charge in [0.25, 0.3) is 0 Å². The number of carbonyl (C=O) groups excluding carboxylic acids is 2. The van der Waals surface area contributed by atoms with Crippen molar-refractivity contribution in [3.63, 3.8) is 0 Å². The number of ether oxygens (including phenoxy) is 2. The Labute approximate surface area is 186 Å². The van der Waals surface area contributed by atoms with Gasteiger partial charge in [-0.3, -0.25) is 9.59 Å². The zero-order chi connectivity index (χ0) is 23.6. The Balaban J connectivity index is 0. The van der Waals surface area contributed by atoms with Crippen LogP contribution in [0.5, 0.6) is 0 Å². The number of carbonyl (C=O) groups is 2.